The zero-order valence-electron chi connectivity index (χ0n) is 11.1. The predicted molar refractivity (Wildman–Crippen MR) is 96.2 cm³/mol. The fourth-order valence-corrected chi connectivity index (χ4v) is 2.79. The molecule has 2 unspecified atom stereocenters. The molecule has 10 heteroatoms. The molecule has 4 nitrogen and oxygen atoms in total. The summed E-state index contributed by atoms with van der Waals surface area (Å²) in [6.07, 6.45) is -0.516. The number of urea groups is 1. The zero-order chi connectivity index (χ0) is 16.7. The van der Waals surface area contributed by atoms with Crippen LogP contribution in [0.15, 0.2) is 18.2 Å². The molecule has 0 aromatic heterocycles. The first-order valence-electron chi connectivity index (χ1n) is 6.03. The number of thiocarbonyl (C=S) groups is 1. The third-order valence-electron chi connectivity index (χ3n) is 3.08. The van der Waals surface area contributed by atoms with Gasteiger partial charge in [-0.2, -0.15) is 0 Å². The van der Waals surface area contributed by atoms with Crippen LogP contribution in [0.5, 0.6) is 0 Å². The lowest BCUT2D eigenvalue weighted by atomic mass is 10.1. The van der Waals surface area contributed by atoms with E-state index in [1.165, 1.54) is 10.3 Å². The summed E-state index contributed by atoms with van der Waals surface area (Å²) in [6, 6.07) is 4.27. The van der Waals surface area contributed by atoms with Crippen molar-refractivity contribution in [1.82, 2.24) is 10.4 Å². The smallest absolute Gasteiger partial charge is 0.275 e. The molecule has 0 spiro atoms. The second-order valence-electron chi connectivity index (χ2n) is 4.62. The van der Waals surface area contributed by atoms with E-state index in [0.717, 1.165) is 5.01 Å². The molecule has 0 bridgehead atoms. The topological polar surface area (TPSA) is 35.6 Å². The van der Waals surface area contributed by atoms with Crippen LogP contribution in [0.1, 0.15) is 6.92 Å². The van der Waals surface area contributed by atoms with Crippen molar-refractivity contribution in [1.29, 1.82) is 0 Å². The number of amides is 2. The van der Waals surface area contributed by atoms with E-state index < -0.39 is 16.1 Å². The van der Waals surface area contributed by atoms with Crippen LogP contribution in [-0.2, 0) is 0 Å². The summed E-state index contributed by atoms with van der Waals surface area (Å²) in [6.45, 7) is 1.84. The van der Waals surface area contributed by atoms with Crippen LogP contribution in [-0.4, -0.2) is 26.5 Å². The Hall–Kier alpha value is -0.0100. The second-order valence-corrected chi connectivity index (χ2v) is 7.93. The first-order valence-corrected chi connectivity index (χ1v) is 8.39. The Morgan fingerprint density at radius 2 is 1.95 bits per heavy atom. The molecule has 1 aliphatic heterocycles. The van der Waals surface area contributed by atoms with Crippen molar-refractivity contribution in [3.05, 3.63) is 28.2 Å². The molecule has 1 aliphatic rings. The molecule has 2 atom stereocenters. The van der Waals surface area contributed by atoms with Gasteiger partial charge in [-0.05, 0) is 23.6 Å². The van der Waals surface area contributed by atoms with Gasteiger partial charge in [0.25, 0.3) is 3.92 Å². The minimum absolute atomic E-state index is 0.189. The Kier molecular flexibility index (Phi) is 5.71. The van der Waals surface area contributed by atoms with Gasteiger partial charge in [0.15, 0.2) is 0 Å². The highest BCUT2D eigenvalue weighted by Crippen LogP contribution is 2.37. The molecule has 2 amide bonds. The molecule has 22 heavy (non-hydrogen) atoms. The van der Waals surface area contributed by atoms with Crippen LogP contribution in [0.4, 0.5) is 10.5 Å². The normalized spacial score (nSPS) is 20.5. The molecular weight excluding hydrogens is 411 g/mol. The third-order valence-corrected chi connectivity index (χ3v) is 4.76. The molecule has 2 rings (SSSR count). The zero-order valence-corrected chi connectivity index (χ0v) is 15.7. The maximum Gasteiger partial charge on any atom is 0.343 e. The van der Waals surface area contributed by atoms with E-state index in [4.69, 9.17) is 70.2 Å². The van der Waals surface area contributed by atoms with Crippen LogP contribution in [0, 0.1) is 5.92 Å². The summed E-state index contributed by atoms with van der Waals surface area (Å²) in [5.41, 5.74) is 3.37. The fourth-order valence-electron chi connectivity index (χ4n) is 1.99. The average Bonchev–Trinajstić information content (AvgIpc) is 2.78. The number of hydrazine groups is 1. The number of hydrogen-bond donors (Lipinski definition) is 1. The van der Waals surface area contributed by atoms with E-state index in [9.17, 15) is 4.79 Å². The largest absolute Gasteiger partial charge is 0.343 e. The molecule has 1 saturated heterocycles. The van der Waals surface area contributed by atoms with Gasteiger partial charge in [0.05, 0.1) is 10.0 Å². The van der Waals surface area contributed by atoms with Crippen molar-refractivity contribution in [3.8, 4) is 0 Å². The van der Waals surface area contributed by atoms with E-state index >= 15 is 0 Å². The molecule has 0 saturated carbocycles. The van der Waals surface area contributed by atoms with Crippen LogP contribution in [0.3, 0.4) is 0 Å². The van der Waals surface area contributed by atoms with Crippen molar-refractivity contribution >= 4 is 87.3 Å². The number of halogens is 5. The molecule has 1 N–H and O–H groups in total. The molecule has 120 valence electrons. The summed E-state index contributed by atoms with van der Waals surface area (Å²) < 4.78 is -1.94. The lowest BCUT2D eigenvalue weighted by Gasteiger charge is -2.25. The summed E-state index contributed by atoms with van der Waals surface area (Å²) in [5.74, 6) is -0.189. The number of benzene rings is 1. The Balaban J connectivity index is 2.46. The Labute approximate surface area is 158 Å². The van der Waals surface area contributed by atoms with Gasteiger partial charge >= 0.3 is 6.03 Å². The first kappa shape index (κ1) is 18.3. The van der Waals surface area contributed by atoms with Crippen LogP contribution >= 0.6 is 70.2 Å². The Morgan fingerprint density at radius 1 is 1.32 bits per heavy atom. The van der Waals surface area contributed by atoms with Gasteiger partial charge in [-0.15, -0.1) is 0 Å². The van der Waals surface area contributed by atoms with E-state index in [-0.39, 0.29) is 5.92 Å². The van der Waals surface area contributed by atoms with Gasteiger partial charge in [0.2, 0.25) is 0 Å². The molecule has 1 aromatic carbocycles. The minimum Gasteiger partial charge on any atom is -0.275 e. The average molecular weight is 422 g/mol. The molecule has 0 radical (unpaired) electrons. The van der Waals surface area contributed by atoms with Crippen molar-refractivity contribution in [2.24, 2.45) is 5.92 Å². The number of carbonyl (C=O) groups is 1. The summed E-state index contributed by atoms with van der Waals surface area (Å²) in [7, 11) is 0. The van der Waals surface area contributed by atoms with E-state index in [1.54, 1.807) is 18.2 Å². The van der Waals surface area contributed by atoms with Crippen molar-refractivity contribution < 1.29 is 4.79 Å². The highest BCUT2D eigenvalue weighted by Gasteiger charge is 2.48. The highest BCUT2D eigenvalue weighted by atomic mass is 35.6. The summed E-state index contributed by atoms with van der Waals surface area (Å²) >= 11 is 34.3. The van der Waals surface area contributed by atoms with E-state index in [0.29, 0.717) is 15.7 Å². The third kappa shape index (κ3) is 3.56. The maximum absolute atomic E-state index is 12.6. The van der Waals surface area contributed by atoms with Gasteiger partial charge in [0, 0.05) is 11.6 Å². The number of nitrogens with zero attached hydrogens (tertiary/aromatic N) is 2. The van der Waals surface area contributed by atoms with Crippen molar-refractivity contribution in [3.63, 3.8) is 0 Å². The van der Waals surface area contributed by atoms with Gasteiger partial charge in [-0.1, -0.05) is 77.1 Å². The number of carbonyl (C=O) groups excluding carboxylic acids is 1. The predicted octanol–water partition coefficient (Wildman–Crippen LogP) is 5.03. The number of rotatable bonds is 3. The van der Waals surface area contributed by atoms with Gasteiger partial charge in [-0.25, -0.2) is 15.2 Å². The molecular formula is C12H10Cl5N3OS. The number of hydrogen-bond acceptors (Lipinski definition) is 3. The molecule has 1 heterocycles. The SMILES string of the molecule is CC(C=S)C1NN(C(Cl)(Cl)Cl)C(=O)N1c1ccc(Cl)c(Cl)c1. The number of anilines is 1. The fraction of sp³-hybridized carbons (Fsp3) is 0.333. The molecule has 1 fully saturated rings. The Morgan fingerprint density at radius 3 is 2.45 bits per heavy atom. The number of alkyl halides is 3. The quantitative estimate of drug-likeness (QED) is 0.422. The summed E-state index contributed by atoms with van der Waals surface area (Å²) in [4.78, 5) is 14.0. The van der Waals surface area contributed by atoms with Crippen LogP contribution in [0.25, 0.3) is 0 Å². The van der Waals surface area contributed by atoms with Gasteiger partial charge in [-0.3, -0.25) is 4.90 Å². The van der Waals surface area contributed by atoms with Crippen molar-refractivity contribution in [2.75, 3.05) is 4.90 Å². The summed E-state index contributed by atoms with van der Waals surface area (Å²) in [5, 5.41) is 3.13. The standard InChI is InChI=1S/C12H10Cl5N3OS/c1-6(5-22)10-18-20(12(15,16)17)11(21)19(10)7-2-3-8(13)9(14)4-7/h2-6,10,18H,1H3. The lowest BCUT2D eigenvalue weighted by Crippen LogP contribution is -2.46. The first-order chi connectivity index (χ1) is 10.2. The van der Waals surface area contributed by atoms with Gasteiger partial charge in [0.1, 0.15) is 6.17 Å². The lowest BCUT2D eigenvalue weighted by molar-refractivity contribution is 0.196. The second kappa shape index (κ2) is 6.85. The van der Waals surface area contributed by atoms with E-state index in [1.807, 2.05) is 6.92 Å². The van der Waals surface area contributed by atoms with Crippen LogP contribution < -0.4 is 10.3 Å². The highest BCUT2D eigenvalue weighted by molar-refractivity contribution is 7.79. The van der Waals surface area contributed by atoms with Gasteiger partial charge < -0.3 is 0 Å². The van der Waals surface area contributed by atoms with E-state index in [2.05, 4.69) is 5.43 Å². The molecule has 1 aromatic rings. The minimum atomic E-state index is -1.94. The Bertz CT molecular complexity index is 609. The molecule has 0 aliphatic carbocycles. The van der Waals surface area contributed by atoms with Crippen LogP contribution in [0.2, 0.25) is 10.0 Å². The monoisotopic (exact) mass is 419 g/mol. The van der Waals surface area contributed by atoms with Crippen molar-refractivity contribution in [2.45, 2.75) is 17.0 Å². The number of nitrogens with one attached hydrogen (secondary N) is 1. The maximum atomic E-state index is 12.6.